The second-order valence-corrected chi connectivity index (χ2v) is 9.30. The Kier molecular flexibility index (Phi) is 5.56. The molecule has 3 aliphatic rings. The van der Waals surface area contributed by atoms with Crippen molar-refractivity contribution in [1.29, 1.82) is 0 Å². The van der Waals surface area contributed by atoms with E-state index in [0.717, 1.165) is 24.8 Å². The molecule has 26 heavy (non-hydrogen) atoms. The van der Waals surface area contributed by atoms with Crippen LogP contribution < -0.4 is 4.74 Å². The van der Waals surface area contributed by atoms with Crippen LogP contribution in [0.4, 0.5) is 0 Å². The van der Waals surface area contributed by atoms with Crippen molar-refractivity contribution in [3.63, 3.8) is 0 Å². The van der Waals surface area contributed by atoms with E-state index in [2.05, 4.69) is 41.8 Å². The SMILES string of the molecule is CC1(C)CCCN1CC1CCc2cc(OCCN3CCCC3)ccc2C1. The Balaban J connectivity index is 1.29. The number of hydrogen-bond donors (Lipinski definition) is 0. The molecular weight excluding hydrogens is 320 g/mol. The monoisotopic (exact) mass is 356 g/mol. The van der Waals surface area contributed by atoms with E-state index in [9.17, 15) is 0 Å². The van der Waals surface area contributed by atoms with Crippen LogP contribution in [-0.4, -0.2) is 54.7 Å². The number of hydrogen-bond acceptors (Lipinski definition) is 3. The summed E-state index contributed by atoms with van der Waals surface area (Å²) in [6.07, 6.45) is 9.23. The summed E-state index contributed by atoms with van der Waals surface area (Å²) >= 11 is 0. The fourth-order valence-corrected chi connectivity index (χ4v) is 5.16. The number of nitrogens with zero attached hydrogens (tertiary/aromatic N) is 2. The molecule has 2 heterocycles. The minimum Gasteiger partial charge on any atom is -0.492 e. The predicted molar refractivity (Wildman–Crippen MR) is 108 cm³/mol. The highest BCUT2D eigenvalue weighted by molar-refractivity contribution is 5.37. The average molecular weight is 357 g/mol. The Bertz CT molecular complexity index is 606. The highest BCUT2D eigenvalue weighted by Gasteiger charge is 2.33. The lowest BCUT2D eigenvalue weighted by molar-refractivity contribution is 0.142. The molecule has 2 saturated heterocycles. The van der Waals surface area contributed by atoms with Crippen LogP contribution in [-0.2, 0) is 12.8 Å². The summed E-state index contributed by atoms with van der Waals surface area (Å²) in [6.45, 7) is 11.8. The third-order valence-corrected chi connectivity index (χ3v) is 6.93. The lowest BCUT2D eigenvalue weighted by Crippen LogP contribution is -2.42. The topological polar surface area (TPSA) is 15.7 Å². The zero-order valence-corrected chi connectivity index (χ0v) is 16.8. The Morgan fingerprint density at radius 1 is 1.08 bits per heavy atom. The molecule has 0 spiro atoms. The first-order chi connectivity index (χ1) is 12.6. The fourth-order valence-electron chi connectivity index (χ4n) is 5.16. The lowest BCUT2D eigenvalue weighted by atomic mass is 9.83. The second kappa shape index (κ2) is 7.90. The van der Waals surface area contributed by atoms with Crippen LogP contribution in [0.2, 0.25) is 0 Å². The molecule has 2 fully saturated rings. The molecule has 4 rings (SSSR count). The molecular formula is C23H36N2O. The summed E-state index contributed by atoms with van der Waals surface area (Å²) in [7, 11) is 0. The van der Waals surface area contributed by atoms with Crippen molar-refractivity contribution in [3.8, 4) is 5.75 Å². The summed E-state index contributed by atoms with van der Waals surface area (Å²) in [4.78, 5) is 5.25. The maximum absolute atomic E-state index is 6.05. The van der Waals surface area contributed by atoms with Crippen molar-refractivity contribution < 1.29 is 4.74 Å². The van der Waals surface area contributed by atoms with Crippen LogP contribution in [0.1, 0.15) is 57.1 Å². The molecule has 0 saturated carbocycles. The normalized spacial score (nSPS) is 26.2. The molecule has 1 aromatic carbocycles. The van der Waals surface area contributed by atoms with E-state index in [1.807, 2.05) is 0 Å². The van der Waals surface area contributed by atoms with Crippen molar-refractivity contribution in [2.24, 2.45) is 5.92 Å². The van der Waals surface area contributed by atoms with Gasteiger partial charge in [0.15, 0.2) is 0 Å². The zero-order chi connectivity index (χ0) is 18.0. The molecule has 1 atom stereocenters. The van der Waals surface area contributed by atoms with Gasteiger partial charge in [-0.2, -0.15) is 0 Å². The van der Waals surface area contributed by atoms with Gasteiger partial charge in [0.1, 0.15) is 12.4 Å². The Morgan fingerprint density at radius 3 is 2.69 bits per heavy atom. The number of fused-ring (bicyclic) bond motifs is 1. The van der Waals surface area contributed by atoms with Gasteiger partial charge in [0.25, 0.3) is 0 Å². The largest absolute Gasteiger partial charge is 0.492 e. The third-order valence-electron chi connectivity index (χ3n) is 6.93. The summed E-state index contributed by atoms with van der Waals surface area (Å²) < 4.78 is 6.05. The van der Waals surface area contributed by atoms with E-state index < -0.39 is 0 Å². The van der Waals surface area contributed by atoms with E-state index in [1.54, 1.807) is 5.56 Å². The molecule has 2 aliphatic heterocycles. The van der Waals surface area contributed by atoms with E-state index in [0.29, 0.717) is 5.54 Å². The van der Waals surface area contributed by atoms with Gasteiger partial charge in [-0.05, 0) is 108 Å². The Morgan fingerprint density at radius 2 is 1.92 bits per heavy atom. The maximum atomic E-state index is 6.05. The molecule has 0 bridgehead atoms. The van der Waals surface area contributed by atoms with Crippen LogP contribution in [0.3, 0.4) is 0 Å². The minimum atomic E-state index is 0.410. The lowest BCUT2D eigenvalue weighted by Gasteiger charge is -2.36. The fraction of sp³-hybridized carbons (Fsp3) is 0.739. The molecule has 0 aromatic heterocycles. The van der Waals surface area contributed by atoms with Crippen LogP contribution >= 0.6 is 0 Å². The van der Waals surface area contributed by atoms with Gasteiger partial charge in [0.05, 0.1) is 0 Å². The molecule has 3 heteroatoms. The van der Waals surface area contributed by atoms with E-state index >= 15 is 0 Å². The van der Waals surface area contributed by atoms with Crippen molar-refractivity contribution in [1.82, 2.24) is 9.80 Å². The van der Waals surface area contributed by atoms with E-state index in [-0.39, 0.29) is 0 Å². The third kappa shape index (κ3) is 4.26. The molecule has 1 aliphatic carbocycles. The van der Waals surface area contributed by atoms with Crippen molar-refractivity contribution in [2.75, 3.05) is 39.3 Å². The van der Waals surface area contributed by atoms with Crippen molar-refractivity contribution in [3.05, 3.63) is 29.3 Å². The Hall–Kier alpha value is -1.06. The number of benzene rings is 1. The van der Waals surface area contributed by atoms with Crippen LogP contribution in [0.5, 0.6) is 5.75 Å². The van der Waals surface area contributed by atoms with Crippen molar-refractivity contribution in [2.45, 2.75) is 64.3 Å². The Labute approximate surface area is 159 Å². The van der Waals surface area contributed by atoms with Gasteiger partial charge in [-0.15, -0.1) is 0 Å². The van der Waals surface area contributed by atoms with Crippen molar-refractivity contribution >= 4 is 0 Å². The van der Waals surface area contributed by atoms with Crippen LogP contribution in [0, 0.1) is 5.92 Å². The molecule has 144 valence electrons. The van der Waals surface area contributed by atoms with Gasteiger partial charge >= 0.3 is 0 Å². The van der Waals surface area contributed by atoms with Gasteiger partial charge < -0.3 is 4.74 Å². The second-order valence-electron chi connectivity index (χ2n) is 9.30. The first-order valence-corrected chi connectivity index (χ1v) is 10.8. The van der Waals surface area contributed by atoms with Crippen LogP contribution in [0.25, 0.3) is 0 Å². The molecule has 0 radical (unpaired) electrons. The van der Waals surface area contributed by atoms with E-state index in [1.165, 1.54) is 76.7 Å². The maximum Gasteiger partial charge on any atom is 0.119 e. The van der Waals surface area contributed by atoms with Gasteiger partial charge in [0.2, 0.25) is 0 Å². The molecule has 3 nitrogen and oxygen atoms in total. The average Bonchev–Trinajstić information content (AvgIpc) is 3.25. The molecule has 1 unspecified atom stereocenters. The molecule has 0 amide bonds. The minimum absolute atomic E-state index is 0.410. The van der Waals surface area contributed by atoms with Gasteiger partial charge in [0, 0.05) is 18.6 Å². The number of rotatable bonds is 6. The predicted octanol–water partition coefficient (Wildman–Crippen LogP) is 4.14. The molecule has 0 N–H and O–H groups in total. The number of likely N-dealkylation sites (tertiary alicyclic amines) is 2. The van der Waals surface area contributed by atoms with Gasteiger partial charge in [-0.3, -0.25) is 9.80 Å². The number of aryl methyl sites for hydroxylation is 1. The molecule has 1 aromatic rings. The standard InChI is InChI=1S/C23H36N2O/c1-23(2)10-5-13-25(23)18-19-6-7-21-17-22(9-8-20(21)16-19)26-15-14-24-11-3-4-12-24/h8-9,17,19H,3-7,10-16,18H2,1-2H3. The van der Waals surface area contributed by atoms with Crippen LogP contribution in [0.15, 0.2) is 18.2 Å². The number of ether oxygens (including phenoxy) is 1. The zero-order valence-electron chi connectivity index (χ0n) is 16.8. The highest BCUT2D eigenvalue weighted by atomic mass is 16.5. The highest BCUT2D eigenvalue weighted by Crippen LogP contribution is 2.33. The first kappa shape index (κ1) is 18.3. The summed E-state index contributed by atoms with van der Waals surface area (Å²) in [5.74, 6) is 1.89. The summed E-state index contributed by atoms with van der Waals surface area (Å²) in [5, 5.41) is 0. The van der Waals surface area contributed by atoms with E-state index in [4.69, 9.17) is 4.74 Å². The van der Waals surface area contributed by atoms with Gasteiger partial charge in [-0.25, -0.2) is 0 Å². The van der Waals surface area contributed by atoms with Gasteiger partial charge in [-0.1, -0.05) is 6.07 Å². The first-order valence-electron chi connectivity index (χ1n) is 10.8. The summed E-state index contributed by atoms with van der Waals surface area (Å²) in [6, 6.07) is 6.85. The smallest absolute Gasteiger partial charge is 0.119 e. The quantitative estimate of drug-likeness (QED) is 0.762. The summed E-state index contributed by atoms with van der Waals surface area (Å²) in [5.41, 5.74) is 3.50.